The molecule has 0 fully saturated rings. The number of benzene rings is 2. The summed E-state index contributed by atoms with van der Waals surface area (Å²) in [4.78, 5) is 12.1. The Balaban J connectivity index is 2.45. The molecule has 0 atom stereocenters. The fraction of sp³-hybridized carbons (Fsp3) is 0.278. The summed E-state index contributed by atoms with van der Waals surface area (Å²) in [5.74, 6) is -4.77. The fourth-order valence-corrected chi connectivity index (χ4v) is 2.23. The van der Waals surface area contributed by atoms with Gasteiger partial charge in [-0.1, -0.05) is 56.3 Å². The van der Waals surface area contributed by atoms with Gasteiger partial charge in [-0.05, 0) is 30.0 Å². The van der Waals surface area contributed by atoms with Crippen molar-refractivity contribution in [3.63, 3.8) is 0 Å². The third kappa shape index (κ3) is 3.02. The lowest BCUT2D eigenvalue weighted by Gasteiger charge is -2.18. The zero-order chi connectivity index (χ0) is 16.3. The minimum Gasteiger partial charge on any atom is -0.287 e. The quantitative estimate of drug-likeness (QED) is 0.716. The first kappa shape index (κ1) is 13.9. The molecule has 0 bridgehead atoms. The molecule has 3 heteroatoms. The number of carbonyl (C=O) groups excluding carboxylic acids is 1. The summed E-state index contributed by atoms with van der Waals surface area (Å²) in [5, 5.41) is 0. The normalized spacial score (nSPS) is 12.3. The molecule has 2 aromatic carbocycles. The molecule has 110 valence electrons. The molecule has 2 aromatic rings. The minimum atomic E-state index is -3.58. The summed E-state index contributed by atoms with van der Waals surface area (Å²) in [5.41, 5.74) is 1.07. The zero-order valence-corrected chi connectivity index (χ0v) is 12.1. The van der Waals surface area contributed by atoms with E-state index in [2.05, 4.69) is 0 Å². The lowest BCUT2D eigenvalue weighted by molar-refractivity contribution is 0.00737. The van der Waals surface area contributed by atoms with Crippen LogP contribution >= 0.6 is 0 Å². The predicted molar refractivity (Wildman–Crippen MR) is 79.9 cm³/mol. The van der Waals surface area contributed by atoms with Crippen molar-refractivity contribution in [1.82, 2.24) is 0 Å². The maximum absolute atomic E-state index is 14.5. The predicted octanol–water partition coefficient (Wildman–Crippen LogP) is 5.09. The van der Waals surface area contributed by atoms with Crippen molar-refractivity contribution < 1.29 is 14.9 Å². The van der Waals surface area contributed by atoms with Crippen molar-refractivity contribution in [3.05, 3.63) is 70.8 Å². The van der Waals surface area contributed by atoms with Crippen LogP contribution in [0.1, 0.15) is 48.2 Å². The van der Waals surface area contributed by atoms with E-state index >= 15 is 0 Å². The maximum atomic E-state index is 14.5. The summed E-state index contributed by atoms with van der Waals surface area (Å²) >= 11 is 0. The first-order valence-electron chi connectivity index (χ1n) is 7.48. The number of Topliss-reactive ketones (excluding diaryl/α,β-unsaturated/α-hetero) is 1. The Kier molecular flexibility index (Phi) is 3.82. The second-order valence-electron chi connectivity index (χ2n) is 5.34. The molecule has 0 aliphatic heterocycles. The molecule has 0 N–H and O–H groups in total. The number of aryl methyl sites for hydroxylation is 1. The molecule has 0 aliphatic carbocycles. The van der Waals surface area contributed by atoms with Crippen molar-refractivity contribution in [1.29, 1.82) is 0 Å². The van der Waals surface area contributed by atoms with Gasteiger partial charge < -0.3 is 0 Å². The highest BCUT2D eigenvalue weighted by Gasteiger charge is 2.41. The van der Waals surface area contributed by atoms with Gasteiger partial charge in [0, 0.05) is 12.5 Å². The van der Waals surface area contributed by atoms with Crippen molar-refractivity contribution >= 4 is 5.78 Å². The Labute approximate surface area is 125 Å². The van der Waals surface area contributed by atoms with Crippen molar-refractivity contribution in [3.8, 4) is 0 Å². The van der Waals surface area contributed by atoms with Gasteiger partial charge in [-0.25, -0.2) is 0 Å². The molecule has 0 heterocycles. The lowest BCUT2D eigenvalue weighted by atomic mass is 9.91. The standard InChI is InChI=1S/C18H18F2O/c1-12(2)16-11-15(10-9-13(16)3)18(19,20)17(21)14-7-5-4-6-8-14/h4-12H,1-3H3/i3D. The number of alkyl halides is 2. The Morgan fingerprint density at radius 3 is 2.38 bits per heavy atom. The van der Waals surface area contributed by atoms with E-state index < -0.39 is 11.7 Å². The van der Waals surface area contributed by atoms with Gasteiger partial charge in [-0.2, -0.15) is 8.78 Å². The van der Waals surface area contributed by atoms with E-state index in [1.807, 2.05) is 13.8 Å². The first-order chi connectivity index (χ1) is 10.4. The Bertz CT molecular complexity index is 666. The third-order valence-electron chi connectivity index (χ3n) is 3.45. The molecule has 21 heavy (non-hydrogen) atoms. The van der Waals surface area contributed by atoms with Gasteiger partial charge in [0.15, 0.2) is 0 Å². The van der Waals surface area contributed by atoms with Gasteiger partial charge in [0.05, 0.1) is 0 Å². The topological polar surface area (TPSA) is 17.1 Å². The second kappa shape index (κ2) is 5.76. The SMILES string of the molecule is [2H]Cc1ccc(C(F)(F)C(=O)c2ccccc2)cc1C(C)C. The third-order valence-corrected chi connectivity index (χ3v) is 3.45. The van der Waals surface area contributed by atoms with Crippen LogP contribution in [-0.4, -0.2) is 5.78 Å². The van der Waals surface area contributed by atoms with Gasteiger partial charge in [0.25, 0.3) is 0 Å². The van der Waals surface area contributed by atoms with E-state index in [9.17, 15) is 13.6 Å². The van der Waals surface area contributed by atoms with Crippen LogP contribution in [0.2, 0.25) is 0 Å². The molecule has 0 unspecified atom stereocenters. The highest BCUT2D eigenvalue weighted by atomic mass is 19.3. The van der Waals surface area contributed by atoms with E-state index in [1.54, 1.807) is 18.2 Å². The number of carbonyl (C=O) groups is 1. The van der Waals surface area contributed by atoms with Crippen LogP contribution in [0.3, 0.4) is 0 Å². The van der Waals surface area contributed by atoms with Crippen molar-refractivity contribution in [2.24, 2.45) is 0 Å². The van der Waals surface area contributed by atoms with Crippen LogP contribution in [0.25, 0.3) is 0 Å². The average molecular weight is 289 g/mol. The second-order valence-corrected chi connectivity index (χ2v) is 5.34. The van der Waals surface area contributed by atoms with Crippen LogP contribution in [0.15, 0.2) is 48.5 Å². The van der Waals surface area contributed by atoms with Gasteiger partial charge in [0.1, 0.15) is 0 Å². The van der Waals surface area contributed by atoms with E-state index in [0.717, 1.165) is 0 Å². The molecule has 2 rings (SSSR count). The molecule has 0 aliphatic rings. The van der Waals surface area contributed by atoms with E-state index in [0.29, 0.717) is 11.1 Å². The molecule has 0 aromatic heterocycles. The van der Waals surface area contributed by atoms with E-state index in [4.69, 9.17) is 1.37 Å². The molecular formula is C18H18F2O. The lowest BCUT2D eigenvalue weighted by Crippen LogP contribution is -2.26. The Morgan fingerprint density at radius 1 is 1.14 bits per heavy atom. The number of halogens is 2. The zero-order valence-electron chi connectivity index (χ0n) is 13.1. The fourth-order valence-electron chi connectivity index (χ4n) is 2.23. The summed E-state index contributed by atoms with van der Waals surface area (Å²) < 4.78 is 36.5. The molecule has 0 amide bonds. The number of hydrogen-bond donors (Lipinski definition) is 0. The van der Waals surface area contributed by atoms with Crippen LogP contribution in [0.5, 0.6) is 0 Å². The van der Waals surface area contributed by atoms with Gasteiger partial charge in [0.2, 0.25) is 5.78 Å². The smallest absolute Gasteiger partial charge is 0.287 e. The highest BCUT2D eigenvalue weighted by Crippen LogP contribution is 2.34. The number of ketones is 1. The largest absolute Gasteiger partial charge is 0.334 e. The molecule has 0 radical (unpaired) electrons. The average Bonchev–Trinajstić information content (AvgIpc) is 2.54. The number of hydrogen-bond acceptors (Lipinski definition) is 1. The van der Waals surface area contributed by atoms with Crippen molar-refractivity contribution in [2.45, 2.75) is 32.6 Å². The molecular weight excluding hydrogens is 270 g/mol. The summed E-state index contributed by atoms with van der Waals surface area (Å²) in [6.45, 7) is 3.80. The molecule has 0 spiro atoms. The monoisotopic (exact) mass is 289 g/mol. The Hall–Kier alpha value is -2.03. The molecule has 0 saturated carbocycles. The highest BCUT2D eigenvalue weighted by molar-refractivity contribution is 6.01. The maximum Gasteiger partial charge on any atom is 0.334 e. The van der Waals surface area contributed by atoms with Crippen LogP contribution in [0, 0.1) is 6.90 Å². The van der Waals surface area contributed by atoms with E-state index in [1.165, 1.54) is 30.3 Å². The summed E-state index contributed by atoms with van der Waals surface area (Å²) in [6.07, 6.45) is 0. The summed E-state index contributed by atoms with van der Waals surface area (Å²) in [7, 11) is 0. The van der Waals surface area contributed by atoms with E-state index in [-0.39, 0.29) is 23.9 Å². The molecule has 0 saturated heterocycles. The van der Waals surface area contributed by atoms with Crippen molar-refractivity contribution in [2.75, 3.05) is 0 Å². The van der Waals surface area contributed by atoms with Crippen LogP contribution in [0.4, 0.5) is 8.78 Å². The van der Waals surface area contributed by atoms with Crippen LogP contribution in [-0.2, 0) is 5.92 Å². The molecule has 1 nitrogen and oxygen atoms in total. The number of rotatable bonds is 4. The van der Waals surface area contributed by atoms with Gasteiger partial charge >= 0.3 is 5.92 Å². The van der Waals surface area contributed by atoms with Gasteiger partial charge in [-0.15, -0.1) is 0 Å². The van der Waals surface area contributed by atoms with Crippen LogP contribution < -0.4 is 0 Å². The minimum absolute atomic E-state index is 0.0110. The summed E-state index contributed by atoms with van der Waals surface area (Å²) in [6, 6.07) is 11.7. The van der Waals surface area contributed by atoms with Gasteiger partial charge in [-0.3, -0.25) is 4.79 Å². The Morgan fingerprint density at radius 2 is 1.81 bits per heavy atom. The first-order valence-corrected chi connectivity index (χ1v) is 6.78.